The molecule has 2 heterocycles. The lowest BCUT2D eigenvalue weighted by Crippen LogP contribution is -2.48. The normalized spacial score (nSPS) is 19.8. The van der Waals surface area contributed by atoms with Crippen molar-refractivity contribution in [3.63, 3.8) is 0 Å². The SMILES string of the molecule is Cc1noc(C)c1NC(=O)N(C)C[C@@H]1OCCCC[C@H](C)Oc2ccc(NC(=O)Cc3ccccc3)cc2C(=O)N([C@H](C)CO)C[C@@H]1C. The molecule has 0 bridgehead atoms. The first-order valence-electron chi connectivity index (χ1n) is 16.6. The highest BCUT2D eigenvalue weighted by atomic mass is 16.5. The number of fused-ring (bicyclic) bond motifs is 1. The van der Waals surface area contributed by atoms with Gasteiger partial charge in [-0.15, -0.1) is 0 Å². The molecule has 2 aromatic carbocycles. The summed E-state index contributed by atoms with van der Waals surface area (Å²) in [6.45, 7) is 9.93. The lowest BCUT2D eigenvalue weighted by Gasteiger charge is -2.35. The van der Waals surface area contributed by atoms with Crippen molar-refractivity contribution in [3.8, 4) is 5.75 Å². The third-order valence-corrected chi connectivity index (χ3v) is 8.61. The topological polar surface area (TPSA) is 146 Å². The van der Waals surface area contributed by atoms with Crippen LogP contribution in [0.25, 0.3) is 0 Å². The highest BCUT2D eigenvalue weighted by Gasteiger charge is 2.31. The summed E-state index contributed by atoms with van der Waals surface area (Å²) in [5.41, 5.74) is 2.75. The van der Waals surface area contributed by atoms with Crippen LogP contribution in [0.1, 0.15) is 67.4 Å². The Hall–Kier alpha value is -4.42. The molecule has 12 heteroatoms. The number of urea groups is 1. The van der Waals surface area contributed by atoms with E-state index in [-0.39, 0.29) is 61.5 Å². The number of benzene rings is 2. The van der Waals surface area contributed by atoms with Crippen LogP contribution in [-0.2, 0) is 16.0 Å². The Kier molecular flexibility index (Phi) is 13.0. The summed E-state index contributed by atoms with van der Waals surface area (Å²) < 4.78 is 17.8. The minimum atomic E-state index is -0.532. The van der Waals surface area contributed by atoms with Gasteiger partial charge in [-0.3, -0.25) is 9.59 Å². The van der Waals surface area contributed by atoms with Crippen molar-refractivity contribution in [1.29, 1.82) is 0 Å². The van der Waals surface area contributed by atoms with E-state index in [9.17, 15) is 19.5 Å². The molecule has 4 atom stereocenters. The maximum atomic E-state index is 14.4. The Balaban J connectivity index is 1.58. The molecule has 0 aliphatic carbocycles. The molecule has 1 aliphatic heterocycles. The van der Waals surface area contributed by atoms with Crippen LogP contribution < -0.4 is 15.4 Å². The Morgan fingerprint density at radius 1 is 1.10 bits per heavy atom. The number of anilines is 2. The van der Waals surface area contributed by atoms with Gasteiger partial charge in [0.25, 0.3) is 5.91 Å². The second kappa shape index (κ2) is 17.1. The number of nitrogens with zero attached hydrogens (tertiary/aromatic N) is 3. The third-order valence-electron chi connectivity index (χ3n) is 8.61. The summed E-state index contributed by atoms with van der Waals surface area (Å²) in [5.74, 6) is 0.154. The molecule has 0 saturated heterocycles. The molecule has 3 N–H and O–H groups in total. The molecule has 260 valence electrons. The summed E-state index contributed by atoms with van der Waals surface area (Å²) in [5, 5.41) is 19.9. The van der Waals surface area contributed by atoms with Crippen LogP contribution in [0, 0.1) is 19.8 Å². The van der Waals surface area contributed by atoms with Gasteiger partial charge in [0, 0.05) is 38.3 Å². The predicted molar refractivity (Wildman–Crippen MR) is 183 cm³/mol. The number of hydrogen-bond donors (Lipinski definition) is 3. The number of carbonyl (C=O) groups is 3. The summed E-state index contributed by atoms with van der Waals surface area (Å²) in [6, 6.07) is 13.7. The Labute approximate surface area is 282 Å². The van der Waals surface area contributed by atoms with Gasteiger partial charge in [-0.1, -0.05) is 42.4 Å². The second-order valence-corrected chi connectivity index (χ2v) is 12.7. The fourth-order valence-electron chi connectivity index (χ4n) is 5.67. The lowest BCUT2D eigenvalue weighted by atomic mass is 10.0. The highest BCUT2D eigenvalue weighted by Crippen LogP contribution is 2.29. The van der Waals surface area contributed by atoms with E-state index in [1.807, 2.05) is 44.2 Å². The number of aliphatic hydroxyl groups excluding tert-OH is 1. The highest BCUT2D eigenvalue weighted by molar-refractivity contribution is 6.00. The predicted octanol–water partition coefficient (Wildman–Crippen LogP) is 5.43. The Bertz CT molecular complexity index is 1510. The molecule has 0 spiro atoms. The van der Waals surface area contributed by atoms with Gasteiger partial charge in [-0.25, -0.2) is 4.79 Å². The lowest BCUT2D eigenvalue weighted by molar-refractivity contribution is -0.115. The summed E-state index contributed by atoms with van der Waals surface area (Å²) >= 11 is 0. The zero-order valence-corrected chi connectivity index (χ0v) is 28.8. The fraction of sp³-hybridized carbons (Fsp3) is 0.500. The van der Waals surface area contributed by atoms with Crippen molar-refractivity contribution in [2.75, 3.05) is 44.0 Å². The van der Waals surface area contributed by atoms with Crippen LogP contribution in [0.5, 0.6) is 5.75 Å². The van der Waals surface area contributed by atoms with Crippen molar-refractivity contribution < 1.29 is 33.5 Å². The third kappa shape index (κ3) is 9.80. The number of carbonyl (C=O) groups excluding carboxylic acids is 3. The van der Waals surface area contributed by atoms with Crippen LogP contribution in [0.2, 0.25) is 0 Å². The first kappa shape index (κ1) is 36.4. The van der Waals surface area contributed by atoms with E-state index in [0.29, 0.717) is 35.2 Å². The van der Waals surface area contributed by atoms with Gasteiger partial charge in [0.1, 0.15) is 17.1 Å². The molecule has 4 rings (SSSR count). The van der Waals surface area contributed by atoms with Gasteiger partial charge < -0.3 is 39.5 Å². The van der Waals surface area contributed by atoms with Gasteiger partial charge in [0.15, 0.2) is 5.76 Å². The number of amides is 4. The molecule has 48 heavy (non-hydrogen) atoms. The van der Waals surface area contributed by atoms with Crippen LogP contribution in [-0.4, -0.2) is 89.5 Å². The molecule has 12 nitrogen and oxygen atoms in total. The van der Waals surface area contributed by atoms with Crippen molar-refractivity contribution in [2.24, 2.45) is 5.92 Å². The Morgan fingerprint density at radius 3 is 2.54 bits per heavy atom. The quantitative estimate of drug-likeness (QED) is 0.289. The monoisotopic (exact) mass is 663 g/mol. The second-order valence-electron chi connectivity index (χ2n) is 12.7. The molecule has 4 amide bonds. The molecular weight excluding hydrogens is 614 g/mol. The van der Waals surface area contributed by atoms with E-state index in [0.717, 1.165) is 24.8 Å². The van der Waals surface area contributed by atoms with Gasteiger partial charge >= 0.3 is 6.03 Å². The molecular formula is C36H49N5O7. The fourth-order valence-corrected chi connectivity index (χ4v) is 5.67. The number of nitrogens with one attached hydrogen (secondary N) is 2. The van der Waals surface area contributed by atoms with E-state index in [1.165, 1.54) is 0 Å². The zero-order chi connectivity index (χ0) is 34.8. The van der Waals surface area contributed by atoms with Crippen LogP contribution in [0.3, 0.4) is 0 Å². The largest absolute Gasteiger partial charge is 0.490 e. The minimum Gasteiger partial charge on any atom is -0.490 e. The molecule has 3 aromatic rings. The summed E-state index contributed by atoms with van der Waals surface area (Å²) in [7, 11) is 1.69. The van der Waals surface area contributed by atoms with Gasteiger partial charge in [-0.2, -0.15) is 0 Å². The minimum absolute atomic E-state index is 0.185. The zero-order valence-electron chi connectivity index (χ0n) is 28.8. The molecule has 0 fully saturated rings. The van der Waals surface area contributed by atoms with Crippen LogP contribution in [0.15, 0.2) is 53.1 Å². The average Bonchev–Trinajstić information content (AvgIpc) is 3.38. The molecule has 1 aliphatic rings. The number of hydrogen-bond acceptors (Lipinski definition) is 8. The maximum Gasteiger partial charge on any atom is 0.321 e. The van der Waals surface area contributed by atoms with Crippen molar-refractivity contribution in [3.05, 3.63) is 71.1 Å². The average molecular weight is 664 g/mol. The van der Waals surface area contributed by atoms with Crippen molar-refractivity contribution in [1.82, 2.24) is 15.0 Å². The molecule has 0 unspecified atom stereocenters. The van der Waals surface area contributed by atoms with Gasteiger partial charge in [0.05, 0.1) is 36.8 Å². The van der Waals surface area contributed by atoms with Crippen molar-refractivity contribution in [2.45, 2.75) is 78.6 Å². The van der Waals surface area contributed by atoms with Crippen LogP contribution >= 0.6 is 0 Å². The van der Waals surface area contributed by atoms with E-state index in [2.05, 4.69) is 15.8 Å². The number of aliphatic hydroxyl groups is 1. The number of aryl methyl sites for hydroxylation is 2. The van der Waals surface area contributed by atoms with E-state index < -0.39 is 12.1 Å². The van der Waals surface area contributed by atoms with E-state index in [4.69, 9.17) is 14.0 Å². The standard InChI is InChI=1S/C36H49N5O7/c1-23-20-41(24(2)22-42)35(44)30-19-29(37-33(43)18-28-13-8-7-9-14-28)15-16-31(30)47-25(3)12-10-11-17-46-32(23)21-40(6)36(45)38-34-26(4)39-48-27(34)5/h7-9,13-16,19,23-25,32,42H,10-12,17-18,20-22H2,1-6H3,(H,37,43)(H,38,45)/t23-,24+,25-,32-/m0/s1. The Morgan fingerprint density at radius 2 is 1.85 bits per heavy atom. The first-order valence-corrected chi connectivity index (χ1v) is 16.6. The van der Waals surface area contributed by atoms with Gasteiger partial charge in [-0.05, 0) is 70.7 Å². The van der Waals surface area contributed by atoms with Crippen molar-refractivity contribution >= 4 is 29.2 Å². The number of aromatic nitrogens is 1. The molecule has 0 radical (unpaired) electrons. The summed E-state index contributed by atoms with van der Waals surface area (Å²) in [4.78, 5) is 43.6. The van der Waals surface area contributed by atoms with E-state index in [1.54, 1.807) is 55.8 Å². The smallest absolute Gasteiger partial charge is 0.321 e. The molecule has 1 aromatic heterocycles. The number of likely N-dealkylation sites (N-methyl/N-ethyl adjacent to an activating group) is 1. The first-order chi connectivity index (χ1) is 23.0. The summed E-state index contributed by atoms with van der Waals surface area (Å²) in [6.07, 6.45) is 1.97. The maximum absolute atomic E-state index is 14.4. The number of ether oxygens (including phenoxy) is 2. The van der Waals surface area contributed by atoms with E-state index >= 15 is 0 Å². The number of rotatable bonds is 8. The van der Waals surface area contributed by atoms with Crippen LogP contribution in [0.4, 0.5) is 16.2 Å². The van der Waals surface area contributed by atoms with Gasteiger partial charge in [0.2, 0.25) is 5.91 Å². The molecule has 0 saturated carbocycles.